The zero-order valence-corrected chi connectivity index (χ0v) is 15.4. The molecule has 0 radical (unpaired) electrons. The lowest BCUT2D eigenvalue weighted by atomic mass is 10.1. The Hall–Kier alpha value is -2.73. The van der Waals surface area contributed by atoms with Crippen LogP contribution in [-0.2, 0) is 11.2 Å². The Morgan fingerprint density at radius 1 is 1.15 bits per heavy atom. The number of carbonyl (C=O) groups excluding carboxylic acids is 2. The van der Waals surface area contributed by atoms with Gasteiger partial charge in [0, 0.05) is 30.9 Å². The summed E-state index contributed by atoms with van der Waals surface area (Å²) in [5.41, 5.74) is 7.91. The molecule has 1 aromatic carbocycles. The van der Waals surface area contributed by atoms with Gasteiger partial charge in [0.1, 0.15) is 0 Å². The number of aryl methyl sites for hydroxylation is 1. The summed E-state index contributed by atoms with van der Waals surface area (Å²) >= 11 is 0. The van der Waals surface area contributed by atoms with Gasteiger partial charge < -0.3 is 11.1 Å². The number of amides is 2. The Morgan fingerprint density at radius 2 is 1.89 bits per heavy atom. The maximum absolute atomic E-state index is 12.6. The smallest absolute Gasteiger partial charge is 0.251 e. The first-order valence-corrected chi connectivity index (χ1v) is 9.43. The normalized spacial score (nSPS) is 15.4. The SMILES string of the molecule is NC(=O)CCc1ccc(C(=O)NCC(c2cccnc2)N2CCCC2)cc1. The molecule has 0 aliphatic carbocycles. The molecule has 1 aliphatic heterocycles. The Kier molecular flexibility index (Phi) is 6.54. The van der Waals surface area contributed by atoms with Gasteiger partial charge in [-0.25, -0.2) is 0 Å². The van der Waals surface area contributed by atoms with Crippen LogP contribution in [-0.4, -0.2) is 41.3 Å². The van der Waals surface area contributed by atoms with Crippen molar-refractivity contribution in [2.75, 3.05) is 19.6 Å². The van der Waals surface area contributed by atoms with E-state index in [1.807, 2.05) is 24.4 Å². The number of rotatable bonds is 8. The molecule has 2 heterocycles. The van der Waals surface area contributed by atoms with Crippen LogP contribution in [0.3, 0.4) is 0 Å². The van der Waals surface area contributed by atoms with Crippen LogP contribution in [0.25, 0.3) is 0 Å². The third kappa shape index (κ3) is 5.37. The van der Waals surface area contributed by atoms with Crippen molar-refractivity contribution in [1.82, 2.24) is 15.2 Å². The fourth-order valence-electron chi connectivity index (χ4n) is 3.47. The predicted octanol–water partition coefficient (Wildman–Crippen LogP) is 2.07. The van der Waals surface area contributed by atoms with Gasteiger partial charge in [-0.1, -0.05) is 18.2 Å². The van der Waals surface area contributed by atoms with E-state index in [1.165, 1.54) is 12.8 Å². The quantitative estimate of drug-likeness (QED) is 0.748. The minimum atomic E-state index is -0.319. The lowest BCUT2D eigenvalue weighted by molar-refractivity contribution is -0.117. The van der Waals surface area contributed by atoms with Crippen LogP contribution >= 0.6 is 0 Å². The van der Waals surface area contributed by atoms with E-state index in [9.17, 15) is 9.59 Å². The number of primary amides is 1. The second-order valence-corrected chi connectivity index (χ2v) is 6.92. The molecule has 1 fully saturated rings. The van der Waals surface area contributed by atoms with Gasteiger partial charge in [-0.05, 0) is 61.7 Å². The number of likely N-dealkylation sites (tertiary alicyclic amines) is 1. The highest BCUT2D eigenvalue weighted by molar-refractivity contribution is 5.94. The molecular weight excluding hydrogens is 340 g/mol. The Morgan fingerprint density at radius 3 is 2.52 bits per heavy atom. The molecule has 3 N–H and O–H groups in total. The van der Waals surface area contributed by atoms with Crippen LogP contribution in [0.2, 0.25) is 0 Å². The van der Waals surface area contributed by atoms with Crippen LogP contribution in [0.15, 0.2) is 48.8 Å². The van der Waals surface area contributed by atoms with Gasteiger partial charge in [0.15, 0.2) is 0 Å². The molecule has 1 saturated heterocycles. The molecular formula is C21H26N4O2. The van der Waals surface area contributed by atoms with Gasteiger partial charge in [-0.2, -0.15) is 0 Å². The zero-order valence-electron chi connectivity index (χ0n) is 15.4. The second kappa shape index (κ2) is 9.28. The highest BCUT2D eigenvalue weighted by atomic mass is 16.2. The molecule has 1 aliphatic rings. The number of aromatic nitrogens is 1. The lowest BCUT2D eigenvalue weighted by Crippen LogP contribution is -2.36. The fraction of sp³-hybridized carbons (Fsp3) is 0.381. The Labute approximate surface area is 159 Å². The lowest BCUT2D eigenvalue weighted by Gasteiger charge is -2.28. The number of pyridine rings is 1. The molecule has 1 aromatic heterocycles. The fourth-order valence-corrected chi connectivity index (χ4v) is 3.47. The molecule has 0 spiro atoms. The number of nitrogens with two attached hydrogens (primary N) is 1. The molecule has 2 amide bonds. The van der Waals surface area contributed by atoms with Crippen LogP contribution in [0.4, 0.5) is 0 Å². The maximum Gasteiger partial charge on any atom is 0.251 e. The molecule has 142 valence electrons. The van der Waals surface area contributed by atoms with E-state index in [4.69, 9.17) is 5.73 Å². The van der Waals surface area contributed by atoms with Crippen molar-refractivity contribution >= 4 is 11.8 Å². The standard InChI is InChI=1S/C21H26N4O2/c22-20(26)10-7-16-5-8-17(9-6-16)21(27)24-15-19(25-12-1-2-13-25)18-4-3-11-23-14-18/h3-6,8-9,11,14,19H,1-2,7,10,12-13,15H2,(H2,22,26)(H,24,27). The summed E-state index contributed by atoms with van der Waals surface area (Å²) in [6, 6.07) is 11.5. The minimum Gasteiger partial charge on any atom is -0.370 e. The summed E-state index contributed by atoms with van der Waals surface area (Å²) in [6.07, 6.45) is 6.93. The third-order valence-corrected chi connectivity index (χ3v) is 4.98. The number of hydrogen-bond donors (Lipinski definition) is 2. The molecule has 1 atom stereocenters. The van der Waals surface area contributed by atoms with Crippen molar-refractivity contribution < 1.29 is 9.59 Å². The van der Waals surface area contributed by atoms with Gasteiger partial charge in [0.2, 0.25) is 5.91 Å². The first-order chi connectivity index (χ1) is 13.1. The number of nitrogens with zero attached hydrogens (tertiary/aromatic N) is 2. The number of carbonyl (C=O) groups is 2. The molecule has 2 aromatic rings. The summed E-state index contributed by atoms with van der Waals surface area (Å²) < 4.78 is 0. The van der Waals surface area contributed by atoms with E-state index in [0.29, 0.717) is 24.9 Å². The molecule has 6 heteroatoms. The van der Waals surface area contributed by atoms with Crippen LogP contribution < -0.4 is 11.1 Å². The first-order valence-electron chi connectivity index (χ1n) is 9.43. The van der Waals surface area contributed by atoms with Crippen LogP contribution in [0.5, 0.6) is 0 Å². The zero-order chi connectivity index (χ0) is 19.1. The van der Waals surface area contributed by atoms with Crippen molar-refractivity contribution in [3.8, 4) is 0 Å². The van der Waals surface area contributed by atoms with Crippen molar-refractivity contribution in [2.45, 2.75) is 31.7 Å². The van der Waals surface area contributed by atoms with E-state index in [-0.39, 0.29) is 17.9 Å². The van der Waals surface area contributed by atoms with Crippen molar-refractivity contribution in [3.05, 3.63) is 65.5 Å². The third-order valence-electron chi connectivity index (χ3n) is 4.98. The van der Waals surface area contributed by atoms with E-state index in [1.54, 1.807) is 18.3 Å². The van der Waals surface area contributed by atoms with Crippen molar-refractivity contribution in [2.24, 2.45) is 5.73 Å². The molecule has 3 rings (SSSR count). The van der Waals surface area contributed by atoms with E-state index >= 15 is 0 Å². The Balaban J connectivity index is 1.61. The number of benzene rings is 1. The van der Waals surface area contributed by atoms with E-state index < -0.39 is 0 Å². The van der Waals surface area contributed by atoms with Crippen LogP contribution in [0.1, 0.15) is 46.8 Å². The molecule has 0 saturated carbocycles. The minimum absolute atomic E-state index is 0.0930. The molecule has 0 bridgehead atoms. The monoisotopic (exact) mass is 366 g/mol. The van der Waals surface area contributed by atoms with E-state index in [2.05, 4.69) is 21.3 Å². The number of nitrogens with one attached hydrogen (secondary N) is 1. The molecule has 1 unspecified atom stereocenters. The second-order valence-electron chi connectivity index (χ2n) is 6.92. The largest absolute Gasteiger partial charge is 0.370 e. The van der Waals surface area contributed by atoms with Crippen molar-refractivity contribution in [3.63, 3.8) is 0 Å². The van der Waals surface area contributed by atoms with Crippen molar-refractivity contribution in [1.29, 1.82) is 0 Å². The van der Waals surface area contributed by atoms with Gasteiger partial charge in [-0.15, -0.1) is 0 Å². The van der Waals surface area contributed by atoms with Crippen LogP contribution in [0, 0.1) is 0 Å². The predicted molar refractivity (Wildman–Crippen MR) is 104 cm³/mol. The summed E-state index contributed by atoms with van der Waals surface area (Å²) in [5, 5.41) is 3.06. The van der Waals surface area contributed by atoms with Gasteiger partial charge >= 0.3 is 0 Å². The first kappa shape index (κ1) is 19.0. The van der Waals surface area contributed by atoms with Gasteiger partial charge in [-0.3, -0.25) is 19.5 Å². The Bertz CT molecular complexity index is 756. The molecule has 27 heavy (non-hydrogen) atoms. The summed E-state index contributed by atoms with van der Waals surface area (Å²) in [7, 11) is 0. The summed E-state index contributed by atoms with van der Waals surface area (Å²) in [6.45, 7) is 2.64. The topological polar surface area (TPSA) is 88.3 Å². The summed E-state index contributed by atoms with van der Waals surface area (Å²) in [5.74, 6) is -0.412. The highest BCUT2D eigenvalue weighted by Crippen LogP contribution is 2.24. The highest BCUT2D eigenvalue weighted by Gasteiger charge is 2.24. The van der Waals surface area contributed by atoms with Gasteiger partial charge in [0.05, 0.1) is 6.04 Å². The average Bonchev–Trinajstić information content (AvgIpc) is 3.22. The maximum atomic E-state index is 12.6. The average molecular weight is 366 g/mol. The molecule has 6 nitrogen and oxygen atoms in total. The summed E-state index contributed by atoms with van der Waals surface area (Å²) in [4.78, 5) is 30.1. The van der Waals surface area contributed by atoms with E-state index in [0.717, 1.165) is 24.2 Å². The number of hydrogen-bond acceptors (Lipinski definition) is 4. The van der Waals surface area contributed by atoms with Gasteiger partial charge in [0.25, 0.3) is 5.91 Å².